The van der Waals surface area contributed by atoms with Crippen LogP contribution >= 0.6 is 0 Å². The molecule has 0 aliphatic rings. The Hall–Kier alpha value is -1.81. The van der Waals surface area contributed by atoms with E-state index >= 15 is 0 Å². The maximum Gasteiger partial charge on any atom is 0.175 e. The molecule has 0 aliphatic heterocycles. The van der Waals surface area contributed by atoms with Crippen molar-refractivity contribution in [1.29, 1.82) is 0 Å². The molecule has 0 heterocycles. The summed E-state index contributed by atoms with van der Waals surface area (Å²) >= 11 is 0. The average Bonchev–Trinajstić information content (AvgIpc) is 2.75. The topological polar surface area (TPSA) is 43.4 Å². The summed E-state index contributed by atoms with van der Waals surface area (Å²) < 4.78 is 30.3. The van der Waals surface area contributed by atoms with E-state index in [9.17, 15) is 8.42 Å². The minimum Gasteiger partial charge on any atom is -0.494 e. The molecule has 0 amide bonds. The van der Waals surface area contributed by atoms with Crippen molar-refractivity contribution in [2.45, 2.75) is 96.3 Å². The summed E-state index contributed by atoms with van der Waals surface area (Å²) in [6.45, 7) is 6.99. The van der Waals surface area contributed by atoms with E-state index in [0.29, 0.717) is 11.3 Å². The minimum absolute atomic E-state index is 0.432. The molecule has 2 rings (SSSR count). The van der Waals surface area contributed by atoms with Gasteiger partial charge in [-0.05, 0) is 67.1 Å². The molecule has 0 unspecified atom stereocenters. The molecule has 0 saturated carbocycles. The molecule has 0 fully saturated rings. The van der Waals surface area contributed by atoms with Crippen molar-refractivity contribution in [3.05, 3.63) is 58.7 Å². The van der Waals surface area contributed by atoms with E-state index < -0.39 is 9.84 Å². The maximum atomic E-state index is 12.2. The monoisotopic (exact) mass is 458 g/mol. The van der Waals surface area contributed by atoms with Crippen LogP contribution in [0.5, 0.6) is 5.75 Å². The summed E-state index contributed by atoms with van der Waals surface area (Å²) in [7, 11) is -3.25. The van der Waals surface area contributed by atoms with Gasteiger partial charge in [-0.25, -0.2) is 8.42 Å². The molecule has 32 heavy (non-hydrogen) atoms. The fourth-order valence-electron chi connectivity index (χ4n) is 4.04. The fourth-order valence-corrected chi connectivity index (χ4v) is 5.03. The highest BCUT2D eigenvalue weighted by molar-refractivity contribution is 7.90. The van der Waals surface area contributed by atoms with Crippen molar-refractivity contribution in [3.63, 3.8) is 0 Å². The van der Waals surface area contributed by atoms with Crippen LogP contribution in [0.25, 0.3) is 0 Å². The van der Waals surface area contributed by atoms with Crippen LogP contribution in [0.1, 0.15) is 93.4 Å². The number of ether oxygens (including phenoxy) is 1. The number of hydrogen-bond acceptors (Lipinski definition) is 3. The highest BCUT2D eigenvalue weighted by atomic mass is 32.2. The summed E-state index contributed by atoms with van der Waals surface area (Å²) in [4.78, 5) is 0.432. The zero-order valence-corrected chi connectivity index (χ0v) is 21.4. The fraction of sp³-hybridized carbons (Fsp3) is 0.571. The van der Waals surface area contributed by atoms with Gasteiger partial charge in [0.15, 0.2) is 9.84 Å². The van der Waals surface area contributed by atoms with Gasteiger partial charge in [0.2, 0.25) is 0 Å². The molecular formula is C28H42O3S. The van der Waals surface area contributed by atoms with E-state index in [-0.39, 0.29) is 0 Å². The number of unbranched alkanes of at least 4 members (excludes halogenated alkanes) is 9. The lowest BCUT2D eigenvalue weighted by Gasteiger charge is -2.12. The molecule has 178 valence electrons. The van der Waals surface area contributed by atoms with Gasteiger partial charge in [-0.2, -0.15) is 0 Å². The Labute approximate surface area is 196 Å². The molecule has 0 radical (unpaired) electrons. The van der Waals surface area contributed by atoms with Gasteiger partial charge in [0.05, 0.1) is 11.5 Å². The van der Waals surface area contributed by atoms with E-state index in [1.165, 1.54) is 64.0 Å². The summed E-state index contributed by atoms with van der Waals surface area (Å²) in [6.07, 6.45) is 15.1. The van der Waals surface area contributed by atoms with Gasteiger partial charge in [0.25, 0.3) is 0 Å². The second kappa shape index (κ2) is 13.7. The highest BCUT2D eigenvalue weighted by Crippen LogP contribution is 2.24. The number of sulfone groups is 1. The predicted molar refractivity (Wildman–Crippen MR) is 136 cm³/mol. The van der Waals surface area contributed by atoms with Crippen LogP contribution in [0.4, 0.5) is 0 Å². The van der Waals surface area contributed by atoms with E-state index in [1.54, 1.807) is 6.07 Å². The van der Waals surface area contributed by atoms with Crippen LogP contribution in [0, 0.1) is 13.8 Å². The lowest BCUT2D eigenvalue weighted by molar-refractivity contribution is 0.304. The summed E-state index contributed by atoms with van der Waals surface area (Å²) in [6, 6.07) is 11.9. The lowest BCUT2D eigenvalue weighted by atomic mass is 10.0. The van der Waals surface area contributed by atoms with E-state index in [0.717, 1.165) is 41.0 Å². The van der Waals surface area contributed by atoms with Gasteiger partial charge in [0.1, 0.15) is 5.75 Å². The second-order valence-corrected chi connectivity index (χ2v) is 11.2. The minimum atomic E-state index is -3.25. The lowest BCUT2D eigenvalue weighted by Crippen LogP contribution is -2.05. The van der Waals surface area contributed by atoms with Crippen LogP contribution in [-0.2, 0) is 16.3 Å². The van der Waals surface area contributed by atoms with Gasteiger partial charge in [0, 0.05) is 6.26 Å². The highest BCUT2D eigenvalue weighted by Gasteiger charge is 2.15. The van der Waals surface area contributed by atoms with Gasteiger partial charge < -0.3 is 4.74 Å². The number of aryl methyl sites for hydroxylation is 2. The molecule has 0 aromatic heterocycles. The number of rotatable bonds is 15. The molecule has 2 aromatic carbocycles. The van der Waals surface area contributed by atoms with Crippen molar-refractivity contribution in [3.8, 4) is 5.75 Å². The summed E-state index contributed by atoms with van der Waals surface area (Å²) in [5.74, 6) is 0.882. The van der Waals surface area contributed by atoms with Crippen LogP contribution in [-0.4, -0.2) is 21.3 Å². The third-order valence-corrected chi connectivity index (χ3v) is 7.34. The molecule has 0 N–H and O–H groups in total. The molecular weight excluding hydrogens is 416 g/mol. The van der Waals surface area contributed by atoms with Gasteiger partial charge in [-0.15, -0.1) is 0 Å². The van der Waals surface area contributed by atoms with Gasteiger partial charge in [-0.1, -0.05) is 82.9 Å². The Balaban J connectivity index is 1.74. The normalized spacial score (nSPS) is 11.6. The third-order valence-electron chi connectivity index (χ3n) is 6.16. The summed E-state index contributed by atoms with van der Waals surface area (Å²) in [5.41, 5.74) is 4.06. The molecule has 0 spiro atoms. The maximum absolute atomic E-state index is 12.2. The van der Waals surface area contributed by atoms with Crippen molar-refractivity contribution in [2.75, 3.05) is 12.9 Å². The molecule has 2 aromatic rings. The van der Waals surface area contributed by atoms with E-state index in [2.05, 4.69) is 6.92 Å². The van der Waals surface area contributed by atoms with E-state index in [4.69, 9.17) is 4.74 Å². The van der Waals surface area contributed by atoms with Gasteiger partial charge in [-0.3, -0.25) is 0 Å². The molecule has 0 aliphatic carbocycles. The third kappa shape index (κ3) is 9.36. The second-order valence-electron chi connectivity index (χ2n) is 9.17. The average molecular weight is 459 g/mol. The Kier molecular flexibility index (Phi) is 11.3. The van der Waals surface area contributed by atoms with Crippen molar-refractivity contribution < 1.29 is 13.2 Å². The van der Waals surface area contributed by atoms with Crippen molar-refractivity contribution in [1.82, 2.24) is 0 Å². The zero-order chi connectivity index (χ0) is 23.4. The van der Waals surface area contributed by atoms with Crippen LogP contribution in [0.3, 0.4) is 0 Å². The first kappa shape index (κ1) is 26.4. The van der Waals surface area contributed by atoms with Crippen LogP contribution < -0.4 is 4.74 Å². The van der Waals surface area contributed by atoms with E-state index in [1.807, 2.05) is 44.2 Å². The Bertz CT molecular complexity index is 914. The summed E-state index contributed by atoms with van der Waals surface area (Å²) in [5, 5.41) is 0. The predicted octanol–water partition coefficient (Wildman–Crippen LogP) is 7.60. The number of hydrogen-bond donors (Lipinski definition) is 0. The zero-order valence-electron chi connectivity index (χ0n) is 20.6. The quantitative estimate of drug-likeness (QED) is 0.258. The van der Waals surface area contributed by atoms with Crippen LogP contribution in [0.2, 0.25) is 0 Å². The van der Waals surface area contributed by atoms with Crippen molar-refractivity contribution >= 4 is 9.84 Å². The number of benzene rings is 2. The first-order valence-electron chi connectivity index (χ1n) is 12.3. The van der Waals surface area contributed by atoms with Crippen molar-refractivity contribution in [2.24, 2.45) is 0 Å². The SMILES string of the molecule is CCCCCCCCCCCCOc1ccc(Cc2cc(C)c(C)cc2S(C)(=O)=O)cc1. The smallest absolute Gasteiger partial charge is 0.175 e. The molecule has 0 atom stereocenters. The standard InChI is InChI=1S/C28H42O3S/c1-5-6-7-8-9-10-11-12-13-14-19-31-27-17-15-25(16-18-27)22-26-20-23(2)24(3)21-28(26)32(4,29)30/h15-18,20-21H,5-14,19,22H2,1-4H3. The molecule has 3 nitrogen and oxygen atoms in total. The molecule has 0 bridgehead atoms. The first-order valence-corrected chi connectivity index (χ1v) is 14.2. The largest absolute Gasteiger partial charge is 0.494 e. The first-order chi connectivity index (χ1) is 15.3. The Morgan fingerprint density at radius 3 is 1.84 bits per heavy atom. The van der Waals surface area contributed by atoms with Gasteiger partial charge >= 0.3 is 0 Å². The molecule has 4 heteroatoms. The Morgan fingerprint density at radius 2 is 1.28 bits per heavy atom. The molecule has 0 saturated heterocycles. The Morgan fingerprint density at radius 1 is 0.750 bits per heavy atom. The van der Waals surface area contributed by atoms with Crippen LogP contribution in [0.15, 0.2) is 41.3 Å².